The average Bonchev–Trinajstić information content (AvgIpc) is 3.21. The summed E-state index contributed by atoms with van der Waals surface area (Å²) in [6.45, 7) is 9.09. The molecule has 148 valence electrons. The summed E-state index contributed by atoms with van der Waals surface area (Å²) in [5.74, 6) is 2.86. The average molecular weight is 503 g/mol. The molecule has 0 spiro atoms. The van der Waals surface area contributed by atoms with Gasteiger partial charge in [-0.25, -0.2) is 14.4 Å². The van der Waals surface area contributed by atoms with Gasteiger partial charge in [-0.1, -0.05) is 13.3 Å². The molecule has 2 heterocycles. The third-order valence-corrected chi connectivity index (χ3v) is 6.41. The van der Waals surface area contributed by atoms with Crippen LogP contribution >= 0.6 is 28.4 Å². The van der Waals surface area contributed by atoms with E-state index in [0.29, 0.717) is 31.3 Å². The SMILES string of the molecule is CCOC=O.Cc1cc(C2CCC(C)C2)nc(Nc2cc(C)n(PI)n2)n1. The van der Waals surface area contributed by atoms with Gasteiger partial charge in [0, 0.05) is 29.1 Å². The Morgan fingerprint density at radius 1 is 1.37 bits per heavy atom. The number of aryl methyl sites for hydroxylation is 2. The molecule has 2 aromatic heterocycles. The Labute approximate surface area is 175 Å². The number of anilines is 2. The number of aromatic nitrogens is 4. The van der Waals surface area contributed by atoms with E-state index in [0.717, 1.165) is 23.1 Å². The van der Waals surface area contributed by atoms with Gasteiger partial charge in [-0.3, -0.25) is 4.79 Å². The number of hydrogen-bond acceptors (Lipinski definition) is 6. The second-order valence-electron chi connectivity index (χ2n) is 6.72. The summed E-state index contributed by atoms with van der Waals surface area (Å²) in [6, 6.07) is 4.17. The largest absolute Gasteiger partial charge is 0.468 e. The highest BCUT2D eigenvalue weighted by molar-refractivity contribution is 14.2. The van der Waals surface area contributed by atoms with Crippen LogP contribution < -0.4 is 5.32 Å². The lowest BCUT2D eigenvalue weighted by molar-refractivity contribution is -0.128. The van der Waals surface area contributed by atoms with E-state index in [-0.39, 0.29) is 0 Å². The lowest BCUT2D eigenvalue weighted by Gasteiger charge is -2.11. The number of hydrogen-bond donors (Lipinski definition) is 1. The van der Waals surface area contributed by atoms with Crippen molar-refractivity contribution >= 4 is 46.7 Å². The van der Waals surface area contributed by atoms with Gasteiger partial charge in [0.2, 0.25) is 5.95 Å². The fourth-order valence-electron chi connectivity index (χ4n) is 3.14. The van der Waals surface area contributed by atoms with Gasteiger partial charge in [0.05, 0.1) is 13.0 Å². The number of nitrogens with one attached hydrogen (secondary N) is 1. The molecular formula is C18H27IN5O2P. The van der Waals surface area contributed by atoms with Crippen molar-refractivity contribution in [3.63, 3.8) is 0 Å². The number of halogens is 1. The molecule has 2 aromatic rings. The molecule has 0 bridgehead atoms. The van der Waals surface area contributed by atoms with Crippen molar-refractivity contribution in [1.29, 1.82) is 0 Å². The standard InChI is InChI=1S/C15H21IN5P.C3H6O2/c1-9-4-5-12(6-9)13-7-10(2)17-15(18-13)19-14-8-11(3)21(20-14)22-16;1-2-5-3-4/h7-9,12,22H,4-6H2,1-3H3,(H,17,18,19,20);3H,2H2,1H3. The fourth-order valence-corrected chi connectivity index (χ4v) is 4.95. The summed E-state index contributed by atoms with van der Waals surface area (Å²) in [5.41, 5.74) is 3.33. The highest BCUT2D eigenvalue weighted by Crippen LogP contribution is 2.37. The number of nitrogens with zero attached hydrogens (tertiary/aromatic N) is 4. The van der Waals surface area contributed by atoms with Gasteiger partial charge in [0.15, 0.2) is 5.82 Å². The van der Waals surface area contributed by atoms with Crippen molar-refractivity contribution in [2.75, 3.05) is 11.9 Å². The van der Waals surface area contributed by atoms with E-state index in [1.165, 1.54) is 25.0 Å². The zero-order chi connectivity index (χ0) is 19.8. The van der Waals surface area contributed by atoms with E-state index in [1.807, 2.05) is 17.4 Å². The summed E-state index contributed by atoms with van der Waals surface area (Å²) in [7, 11) is 0. The van der Waals surface area contributed by atoms with Gasteiger partial charge < -0.3 is 10.1 Å². The summed E-state index contributed by atoms with van der Waals surface area (Å²) in [5, 5.41) is 7.79. The maximum absolute atomic E-state index is 9.18. The predicted molar refractivity (Wildman–Crippen MR) is 118 cm³/mol. The van der Waals surface area contributed by atoms with Crippen LogP contribution in [0.25, 0.3) is 0 Å². The highest BCUT2D eigenvalue weighted by Gasteiger charge is 2.24. The molecule has 0 aliphatic heterocycles. The summed E-state index contributed by atoms with van der Waals surface area (Å²) < 4.78 is 6.14. The molecule has 0 aromatic carbocycles. The number of carbonyl (C=O) groups is 1. The molecule has 0 radical (unpaired) electrons. The van der Waals surface area contributed by atoms with Gasteiger partial charge in [-0.2, -0.15) is 5.10 Å². The topological polar surface area (TPSA) is 81.9 Å². The Bertz CT molecular complexity index is 755. The van der Waals surface area contributed by atoms with Gasteiger partial charge in [0.25, 0.3) is 6.47 Å². The monoisotopic (exact) mass is 503 g/mol. The molecule has 3 atom stereocenters. The summed E-state index contributed by atoms with van der Waals surface area (Å²) in [4.78, 5) is 18.4. The van der Waals surface area contributed by atoms with Crippen LogP contribution in [-0.4, -0.2) is 32.6 Å². The van der Waals surface area contributed by atoms with E-state index in [9.17, 15) is 4.79 Å². The molecule has 1 aliphatic carbocycles. The molecule has 0 amide bonds. The quantitative estimate of drug-likeness (QED) is 0.343. The Morgan fingerprint density at radius 2 is 2.15 bits per heavy atom. The molecule has 1 N–H and O–H groups in total. The molecule has 9 heteroatoms. The number of rotatable bonds is 6. The third-order valence-electron chi connectivity index (χ3n) is 4.43. The first kappa shape index (κ1) is 22.0. The predicted octanol–water partition coefficient (Wildman–Crippen LogP) is 4.91. The molecular weight excluding hydrogens is 476 g/mol. The van der Waals surface area contributed by atoms with E-state index in [2.05, 4.69) is 62.1 Å². The Kier molecular flexibility index (Phi) is 8.89. The molecule has 1 saturated carbocycles. The molecule has 7 nitrogen and oxygen atoms in total. The first-order valence-corrected chi connectivity index (χ1v) is 13.1. The third kappa shape index (κ3) is 6.68. The lowest BCUT2D eigenvalue weighted by Crippen LogP contribution is -2.05. The van der Waals surface area contributed by atoms with Crippen molar-refractivity contribution < 1.29 is 9.53 Å². The van der Waals surface area contributed by atoms with Crippen molar-refractivity contribution in [3.05, 3.63) is 29.2 Å². The maximum atomic E-state index is 9.18. The normalized spacial score (nSPS) is 19.0. The van der Waals surface area contributed by atoms with Crippen molar-refractivity contribution in [1.82, 2.24) is 19.5 Å². The molecule has 27 heavy (non-hydrogen) atoms. The minimum atomic E-state index is 0.431. The van der Waals surface area contributed by atoms with Crippen LogP contribution in [0, 0.1) is 19.8 Å². The molecule has 3 rings (SSSR count). The van der Waals surface area contributed by atoms with Crippen LogP contribution in [0.15, 0.2) is 12.1 Å². The second kappa shape index (κ2) is 10.9. The molecule has 1 aliphatic rings. The Balaban J connectivity index is 0.000000465. The van der Waals surface area contributed by atoms with Crippen molar-refractivity contribution in [2.24, 2.45) is 5.92 Å². The van der Waals surface area contributed by atoms with Crippen molar-refractivity contribution in [3.8, 4) is 0 Å². The van der Waals surface area contributed by atoms with Crippen LogP contribution in [-0.2, 0) is 9.53 Å². The number of ether oxygens (including phenoxy) is 1. The van der Waals surface area contributed by atoms with Crippen LogP contribution in [0.2, 0.25) is 0 Å². The van der Waals surface area contributed by atoms with E-state index in [1.54, 1.807) is 6.92 Å². The highest BCUT2D eigenvalue weighted by atomic mass is 127. The summed E-state index contributed by atoms with van der Waals surface area (Å²) in [6.07, 6.45) is 4.38. The summed E-state index contributed by atoms with van der Waals surface area (Å²) >= 11 is 2.33. The van der Waals surface area contributed by atoms with Crippen LogP contribution in [0.4, 0.5) is 11.8 Å². The van der Waals surface area contributed by atoms with E-state index < -0.39 is 0 Å². The maximum Gasteiger partial charge on any atom is 0.293 e. The zero-order valence-corrected chi connectivity index (χ0v) is 19.4. The Hall–Kier alpha value is -1.28. The van der Waals surface area contributed by atoms with Crippen molar-refractivity contribution in [2.45, 2.75) is 52.9 Å². The first-order chi connectivity index (χ1) is 13.0. The lowest BCUT2D eigenvalue weighted by atomic mass is 10.0. The van der Waals surface area contributed by atoms with Gasteiger partial charge in [-0.05, 0) is 67.6 Å². The first-order valence-electron chi connectivity index (χ1n) is 9.08. The van der Waals surface area contributed by atoms with Gasteiger partial charge in [0.1, 0.15) is 0 Å². The smallest absolute Gasteiger partial charge is 0.293 e. The van der Waals surface area contributed by atoms with Gasteiger partial charge >= 0.3 is 0 Å². The van der Waals surface area contributed by atoms with Crippen LogP contribution in [0.5, 0.6) is 0 Å². The molecule has 1 fully saturated rings. The number of carbonyl (C=O) groups excluding carboxylic acids is 1. The van der Waals surface area contributed by atoms with Gasteiger partial charge in [-0.15, -0.1) is 0 Å². The minimum absolute atomic E-state index is 0.431. The van der Waals surface area contributed by atoms with Crippen LogP contribution in [0.1, 0.15) is 56.1 Å². The van der Waals surface area contributed by atoms with Crippen LogP contribution in [0.3, 0.4) is 0 Å². The van der Waals surface area contributed by atoms with E-state index >= 15 is 0 Å². The molecule has 3 unspecified atom stereocenters. The zero-order valence-electron chi connectivity index (χ0n) is 16.2. The molecule has 0 saturated heterocycles. The minimum Gasteiger partial charge on any atom is -0.468 e. The second-order valence-corrected chi connectivity index (χ2v) is 8.76. The fraction of sp³-hybridized carbons (Fsp3) is 0.556. The Morgan fingerprint density at radius 3 is 2.67 bits per heavy atom. The van der Waals surface area contributed by atoms with E-state index in [4.69, 9.17) is 4.98 Å².